The minimum Gasteiger partial charge on any atom is -0.507 e. The molecule has 8 heteroatoms. The fourth-order valence-electron chi connectivity index (χ4n) is 1.47. The Hall–Kier alpha value is -3.03. The van der Waals surface area contributed by atoms with Crippen molar-refractivity contribution < 1.29 is 24.3 Å². The van der Waals surface area contributed by atoms with E-state index in [2.05, 4.69) is 20.3 Å². The lowest BCUT2D eigenvalue weighted by molar-refractivity contribution is 0.0694. The molecule has 104 valence electrons. The number of carboxylic acid groups (broad SMARTS) is 1. The van der Waals surface area contributed by atoms with E-state index >= 15 is 0 Å². The van der Waals surface area contributed by atoms with Gasteiger partial charge in [-0.1, -0.05) is 5.16 Å². The van der Waals surface area contributed by atoms with E-state index in [1.807, 2.05) is 0 Å². The van der Waals surface area contributed by atoms with Gasteiger partial charge >= 0.3 is 12.0 Å². The second-order valence-electron chi connectivity index (χ2n) is 3.84. The molecule has 0 bridgehead atoms. The number of carbonyl (C=O) groups is 2. The highest BCUT2D eigenvalue weighted by Crippen LogP contribution is 2.21. The normalized spacial score (nSPS) is 10.0. The summed E-state index contributed by atoms with van der Waals surface area (Å²) >= 11 is 0. The van der Waals surface area contributed by atoms with E-state index in [0.29, 0.717) is 5.69 Å². The van der Waals surface area contributed by atoms with Crippen molar-refractivity contribution in [2.24, 2.45) is 0 Å². The van der Waals surface area contributed by atoms with Crippen molar-refractivity contribution in [3.05, 3.63) is 41.8 Å². The molecule has 20 heavy (non-hydrogen) atoms. The van der Waals surface area contributed by atoms with Gasteiger partial charge in [-0.3, -0.25) is 0 Å². The Morgan fingerprint density at radius 3 is 2.70 bits per heavy atom. The Morgan fingerprint density at radius 1 is 1.30 bits per heavy atom. The third kappa shape index (κ3) is 3.25. The molecular formula is C12H11N3O5. The SMILES string of the molecule is O=C(NCc1ccon1)Nc1ccc(C(=O)O)c(O)c1. The Balaban J connectivity index is 1.94. The van der Waals surface area contributed by atoms with E-state index in [4.69, 9.17) is 5.11 Å². The number of amides is 2. The molecule has 2 amide bonds. The van der Waals surface area contributed by atoms with Crippen LogP contribution in [-0.2, 0) is 6.54 Å². The first kappa shape index (κ1) is 13.4. The Labute approximate surface area is 113 Å². The molecule has 0 spiro atoms. The fraction of sp³-hybridized carbons (Fsp3) is 0.0833. The average Bonchev–Trinajstić information content (AvgIpc) is 2.89. The van der Waals surface area contributed by atoms with Gasteiger partial charge in [0.2, 0.25) is 0 Å². The van der Waals surface area contributed by atoms with Crippen LogP contribution in [0.25, 0.3) is 0 Å². The van der Waals surface area contributed by atoms with Gasteiger partial charge in [-0.05, 0) is 12.1 Å². The third-order valence-corrected chi connectivity index (χ3v) is 2.41. The lowest BCUT2D eigenvalue weighted by Crippen LogP contribution is -2.28. The highest BCUT2D eigenvalue weighted by molar-refractivity contribution is 5.93. The zero-order valence-electron chi connectivity index (χ0n) is 10.2. The summed E-state index contributed by atoms with van der Waals surface area (Å²) in [6.07, 6.45) is 1.39. The number of benzene rings is 1. The van der Waals surface area contributed by atoms with Gasteiger partial charge in [-0.25, -0.2) is 9.59 Å². The Morgan fingerprint density at radius 2 is 2.10 bits per heavy atom. The molecule has 1 aromatic carbocycles. The number of rotatable bonds is 4. The van der Waals surface area contributed by atoms with Crippen LogP contribution in [-0.4, -0.2) is 27.4 Å². The van der Waals surface area contributed by atoms with Crippen LogP contribution in [0.1, 0.15) is 16.1 Å². The van der Waals surface area contributed by atoms with E-state index in [1.54, 1.807) is 6.07 Å². The topological polar surface area (TPSA) is 125 Å². The second-order valence-corrected chi connectivity index (χ2v) is 3.84. The minimum atomic E-state index is -1.25. The first-order valence-electron chi connectivity index (χ1n) is 5.56. The molecule has 0 fully saturated rings. The predicted octanol–water partition coefficient (Wildman–Crippen LogP) is 1.40. The maximum atomic E-state index is 11.6. The third-order valence-electron chi connectivity index (χ3n) is 2.41. The summed E-state index contributed by atoms with van der Waals surface area (Å²) in [5.74, 6) is -1.67. The standard InChI is InChI=1S/C12H11N3O5/c16-10-5-7(1-2-9(10)11(17)18)14-12(19)13-6-8-3-4-20-15-8/h1-5,16H,6H2,(H,17,18)(H2,13,14,19). The highest BCUT2D eigenvalue weighted by atomic mass is 16.5. The van der Waals surface area contributed by atoms with Crippen LogP contribution in [0.15, 0.2) is 35.1 Å². The number of nitrogens with one attached hydrogen (secondary N) is 2. The van der Waals surface area contributed by atoms with Crippen LogP contribution in [0.3, 0.4) is 0 Å². The van der Waals surface area contributed by atoms with Gasteiger partial charge in [0, 0.05) is 17.8 Å². The molecule has 0 aliphatic carbocycles. The highest BCUT2D eigenvalue weighted by Gasteiger charge is 2.11. The summed E-state index contributed by atoms with van der Waals surface area (Å²) in [6.45, 7) is 0.182. The number of aromatic nitrogens is 1. The molecule has 2 rings (SSSR count). The monoisotopic (exact) mass is 277 g/mol. The number of carbonyl (C=O) groups excluding carboxylic acids is 1. The lowest BCUT2D eigenvalue weighted by Gasteiger charge is -2.07. The van der Waals surface area contributed by atoms with Crippen molar-refractivity contribution in [2.75, 3.05) is 5.32 Å². The van der Waals surface area contributed by atoms with Crippen molar-refractivity contribution in [3.63, 3.8) is 0 Å². The largest absolute Gasteiger partial charge is 0.507 e. The van der Waals surface area contributed by atoms with Gasteiger partial charge in [0.1, 0.15) is 23.3 Å². The van der Waals surface area contributed by atoms with Crippen molar-refractivity contribution >= 4 is 17.7 Å². The quantitative estimate of drug-likeness (QED) is 0.669. The number of anilines is 1. The summed E-state index contributed by atoms with van der Waals surface area (Å²) in [6, 6.07) is 4.81. The average molecular weight is 277 g/mol. The van der Waals surface area contributed by atoms with Gasteiger partial charge in [0.05, 0.1) is 6.54 Å². The Bertz CT molecular complexity index is 624. The molecule has 4 N–H and O–H groups in total. The van der Waals surface area contributed by atoms with Gasteiger partial charge in [-0.15, -0.1) is 0 Å². The minimum absolute atomic E-state index is 0.182. The van der Waals surface area contributed by atoms with Crippen LogP contribution in [0.5, 0.6) is 5.75 Å². The Kier molecular flexibility index (Phi) is 3.85. The zero-order chi connectivity index (χ0) is 14.5. The van der Waals surface area contributed by atoms with Crippen molar-refractivity contribution in [1.29, 1.82) is 0 Å². The number of carboxylic acids is 1. The van der Waals surface area contributed by atoms with Crippen LogP contribution >= 0.6 is 0 Å². The summed E-state index contributed by atoms with van der Waals surface area (Å²) < 4.78 is 4.61. The van der Waals surface area contributed by atoms with E-state index in [9.17, 15) is 14.7 Å². The number of hydrogen-bond donors (Lipinski definition) is 4. The molecule has 0 saturated carbocycles. The first-order chi connectivity index (χ1) is 9.56. The summed E-state index contributed by atoms with van der Waals surface area (Å²) in [7, 11) is 0. The molecule has 0 atom stereocenters. The second kappa shape index (κ2) is 5.74. The van der Waals surface area contributed by atoms with Gasteiger partial charge in [0.15, 0.2) is 0 Å². The summed E-state index contributed by atoms with van der Waals surface area (Å²) in [5.41, 5.74) is 0.591. The number of hydrogen-bond acceptors (Lipinski definition) is 5. The van der Waals surface area contributed by atoms with E-state index in [1.165, 1.54) is 18.4 Å². The molecule has 2 aromatic rings. The molecular weight excluding hydrogens is 266 g/mol. The number of aromatic hydroxyl groups is 1. The van der Waals surface area contributed by atoms with E-state index in [-0.39, 0.29) is 17.8 Å². The van der Waals surface area contributed by atoms with Crippen molar-refractivity contribution in [2.45, 2.75) is 6.54 Å². The van der Waals surface area contributed by atoms with E-state index < -0.39 is 17.7 Å². The van der Waals surface area contributed by atoms with Crippen LogP contribution in [0.2, 0.25) is 0 Å². The molecule has 1 aromatic heterocycles. The maximum Gasteiger partial charge on any atom is 0.339 e. The molecule has 0 aliphatic heterocycles. The molecule has 0 saturated heterocycles. The van der Waals surface area contributed by atoms with Crippen molar-refractivity contribution in [3.8, 4) is 5.75 Å². The van der Waals surface area contributed by atoms with Crippen LogP contribution < -0.4 is 10.6 Å². The molecule has 8 nitrogen and oxygen atoms in total. The number of aromatic carboxylic acids is 1. The molecule has 0 unspecified atom stereocenters. The molecule has 0 aliphatic rings. The maximum absolute atomic E-state index is 11.6. The lowest BCUT2D eigenvalue weighted by atomic mass is 10.2. The summed E-state index contributed by atoms with van der Waals surface area (Å²) in [4.78, 5) is 22.3. The van der Waals surface area contributed by atoms with E-state index in [0.717, 1.165) is 6.07 Å². The number of urea groups is 1. The van der Waals surface area contributed by atoms with Crippen LogP contribution in [0.4, 0.5) is 10.5 Å². The number of phenols is 1. The fourth-order valence-corrected chi connectivity index (χ4v) is 1.47. The smallest absolute Gasteiger partial charge is 0.339 e. The van der Waals surface area contributed by atoms with Crippen LogP contribution in [0, 0.1) is 0 Å². The summed E-state index contributed by atoms with van der Waals surface area (Å²) in [5, 5.41) is 26.8. The predicted molar refractivity (Wildman–Crippen MR) is 67.4 cm³/mol. The van der Waals surface area contributed by atoms with Gasteiger partial charge in [0.25, 0.3) is 0 Å². The van der Waals surface area contributed by atoms with Crippen molar-refractivity contribution in [1.82, 2.24) is 10.5 Å². The zero-order valence-corrected chi connectivity index (χ0v) is 10.2. The number of nitrogens with zero attached hydrogens (tertiary/aromatic N) is 1. The first-order valence-corrected chi connectivity index (χ1v) is 5.56. The molecule has 1 heterocycles. The van der Waals surface area contributed by atoms with Gasteiger partial charge < -0.3 is 25.4 Å². The molecule has 0 radical (unpaired) electrons. The van der Waals surface area contributed by atoms with Gasteiger partial charge in [-0.2, -0.15) is 0 Å².